The fourth-order valence-electron chi connectivity index (χ4n) is 1.89. The Morgan fingerprint density at radius 3 is 2.82 bits per heavy atom. The van der Waals surface area contributed by atoms with Gasteiger partial charge in [0.15, 0.2) is 0 Å². The van der Waals surface area contributed by atoms with E-state index in [4.69, 9.17) is 0 Å². The highest BCUT2D eigenvalue weighted by Gasteiger charge is 2.14. The molecule has 0 saturated carbocycles. The van der Waals surface area contributed by atoms with Crippen LogP contribution in [0.5, 0.6) is 0 Å². The summed E-state index contributed by atoms with van der Waals surface area (Å²) in [6.45, 7) is 3.55. The predicted molar refractivity (Wildman–Crippen MR) is 66.4 cm³/mol. The molecule has 88 valence electrons. The summed E-state index contributed by atoms with van der Waals surface area (Å²) < 4.78 is 15.3. The topological polar surface area (TPSA) is 34.0 Å². The van der Waals surface area contributed by atoms with E-state index < -0.39 is 0 Å². The second-order valence-corrected chi connectivity index (χ2v) is 3.83. The van der Waals surface area contributed by atoms with Crippen molar-refractivity contribution in [1.29, 1.82) is 0 Å². The van der Waals surface area contributed by atoms with Crippen molar-refractivity contribution < 1.29 is 9.18 Å². The first-order valence-electron chi connectivity index (χ1n) is 5.21. The van der Waals surface area contributed by atoms with E-state index in [2.05, 4.69) is 11.9 Å². The van der Waals surface area contributed by atoms with Crippen LogP contribution in [0.1, 0.15) is 15.9 Å². The summed E-state index contributed by atoms with van der Waals surface area (Å²) in [6, 6.07) is 3.06. The number of halogens is 1. The molecule has 1 amide bonds. The van der Waals surface area contributed by atoms with Crippen molar-refractivity contribution in [2.24, 2.45) is 7.05 Å². The quantitative estimate of drug-likeness (QED) is 0.847. The highest BCUT2D eigenvalue weighted by molar-refractivity contribution is 6.07. The minimum atomic E-state index is -0.336. The van der Waals surface area contributed by atoms with Gasteiger partial charge in [0.1, 0.15) is 5.82 Å². The molecule has 1 aromatic carbocycles. The van der Waals surface area contributed by atoms with Crippen LogP contribution in [-0.2, 0) is 7.05 Å². The minimum absolute atomic E-state index is 0.183. The van der Waals surface area contributed by atoms with Gasteiger partial charge in [-0.05, 0) is 12.1 Å². The standard InChI is InChI=1S/C13H13FN2O/c1-4-8-5-9-10(13(17)15-2)7-16(3)12(9)6-11(8)14/h4-7H,1H2,2-3H3,(H,15,17). The number of carbonyl (C=O) groups is 1. The number of benzene rings is 1. The Balaban J connectivity index is 2.80. The van der Waals surface area contributed by atoms with Crippen LogP contribution in [0.15, 0.2) is 24.9 Å². The normalized spacial score (nSPS) is 10.5. The molecule has 0 spiro atoms. The maximum absolute atomic E-state index is 13.6. The van der Waals surface area contributed by atoms with E-state index in [1.165, 1.54) is 12.1 Å². The molecule has 0 atom stereocenters. The number of nitrogens with one attached hydrogen (secondary N) is 1. The van der Waals surface area contributed by atoms with Gasteiger partial charge in [-0.25, -0.2) is 4.39 Å². The van der Waals surface area contributed by atoms with Gasteiger partial charge in [0.05, 0.1) is 11.1 Å². The van der Waals surface area contributed by atoms with Gasteiger partial charge in [-0.2, -0.15) is 0 Å². The first kappa shape index (κ1) is 11.4. The first-order chi connectivity index (χ1) is 8.08. The van der Waals surface area contributed by atoms with Gasteiger partial charge in [0.25, 0.3) is 5.91 Å². The molecule has 0 aliphatic carbocycles. The molecule has 0 radical (unpaired) electrons. The summed E-state index contributed by atoms with van der Waals surface area (Å²) in [4.78, 5) is 11.7. The number of fused-ring (bicyclic) bond motifs is 1. The first-order valence-corrected chi connectivity index (χ1v) is 5.21. The molecule has 4 heteroatoms. The molecule has 0 aliphatic rings. The molecule has 0 aliphatic heterocycles. The Bertz CT molecular complexity index is 613. The van der Waals surface area contributed by atoms with Gasteiger partial charge in [-0.3, -0.25) is 4.79 Å². The predicted octanol–water partition coefficient (Wildman–Crippen LogP) is 2.32. The van der Waals surface area contributed by atoms with Crippen molar-refractivity contribution in [3.8, 4) is 0 Å². The summed E-state index contributed by atoms with van der Waals surface area (Å²) in [5, 5.41) is 3.29. The summed E-state index contributed by atoms with van der Waals surface area (Å²) in [7, 11) is 3.35. The molecule has 2 rings (SSSR count). The molecule has 0 bridgehead atoms. The average molecular weight is 232 g/mol. The van der Waals surface area contributed by atoms with Crippen molar-refractivity contribution in [3.05, 3.63) is 41.9 Å². The number of aromatic nitrogens is 1. The van der Waals surface area contributed by atoms with Crippen LogP contribution in [0, 0.1) is 5.82 Å². The van der Waals surface area contributed by atoms with E-state index in [0.717, 1.165) is 5.39 Å². The van der Waals surface area contributed by atoms with E-state index in [0.29, 0.717) is 16.6 Å². The van der Waals surface area contributed by atoms with Crippen molar-refractivity contribution in [3.63, 3.8) is 0 Å². The second-order valence-electron chi connectivity index (χ2n) is 3.83. The molecular formula is C13H13FN2O. The third-order valence-electron chi connectivity index (χ3n) is 2.80. The van der Waals surface area contributed by atoms with Crippen LogP contribution < -0.4 is 5.32 Å². The number of amides is 1. The lowest BCUT2D eigenvalue weighted by molar-refractivity contribution is 0.0964. The van der Waals surface area contributed by atoms with Gasteiger partial charge >= 0.3 is 0 Å². The maximum Gasteiger partial charge on any atom is 0.253 e. The number of hydrogen-bond donors (Lipinski definition) is 1. The zero-order chi connectivity index (χ0) is 12.6. The van der Waals surface area contributed by atoms with Gasteiger partial charge in [-0.1, -0.05) is 12.7 Å². The van der Waals surface area contributed by atoms with Crippen LogP contribution in [0.3, 0.4) is 0 Å². The van der Waals surface area contributed by atoms with Gasteiger partial charge in [-0.15, -0.1) is 0 Å². The number of hydrogen-bond acceptors (Lipinski definition) is 1. The maximum atomic E-state index is 13.6. The third-order valence-corrected chi connectivity index (χ3v) is 2.80. The van der Waals surface area contributed by atoms with Crippen LogP contribution in [0.2, 0.25) is 0 Å². The highest BCUT2D eigenvalue weighted by Crippen LogP contribution is 2.24. The molecular weight excluding hydrogens is 219 g/mol. The van der Waals surface area contributed by atoms with Crippen LogP contribution in [0.4, 0.5) is 4.39 Å². The highest BCUT2D eigenvalue weighted by atomic mass is 19.1. The van der Waals surface area contributed by atoms with Crippen LogP contribution in [-0.4, -0.2) is 17.5 Å². The lowest BCUT2D eigenvalue weighted by atomic mass is 10.1. The molecule has 1 aromatic heterocycles. The SMILES string of the molecule is C=Cc1cc2c(C(=O)NC)cn(C)c2cc1F. The summed E-state index contributed by atoms with van der Waals surface area (Å²) in [5.74, 6) is -0.519. The Hall–Kier alpha value is -2.10. The molecule has 0 saturated heterocycles. The van der Waals surface area contributed by atoms with E-state index in [1.54, 1.807) is 30.9 Å². The van der Waals surface area contributed by atoms with Crippen molar-refractivity contribution in [2.45, 2.75) is 0 Å². The average Bonchev–Trinajstić information content (AvgIpc) is 2.64. The molecule has 17 heavy (non-hydrogen) atoms. The third kappa shape index (κ3) is 1.71. The van der Waals surface area contributed by atoms with Crippen LogP contribution >= 0.6 is 0 Å². The Morgan fingerprint density at radius 1 is 1.53 bits per heavy atom. The molecule has 1 heterocycles. The molecule has 2 aromatic rings. The number of carbonyl (C=O) groups excluding carboxylic acids is 1. The van der Waals surface area contributed by atoms with E-state index in [-0.39, 0.29) is 11.7 Å². The fraction of sp³-hybridized carbons (Fsp3) is 0.154. The molecule has 3 nitrogen and oxygen atoms in total. The van der Waals surface area contributed by atoms with E-state index in [1.807, 2.05) is 0 Å². The van der Waals surface area contributed by atoms with Crippen molar-refractivity contribution in [2.75, 3.05) is 7.05 Å². The Kier molecular flexibility index (Phi) is 2.71. The van der Waals surface area contributed by atoms with Crippen LogP contribution in [0.25, 0.3) is 17.0 Å². The minimum Gasteiger partial charge on any atom is -0.355 e. The smallest absolute Gasteiger partial charge is 0.253 e. The van der Waals surface area contributed by atoms with Gasteiger partial charge in [0, 0.05) is 31.2 Å². The van der Waals surface area contributed by atoms with Gasteiger partial charge in [0.2, 0.25) is 0 Å². The monoisotopic (exact) mass is 232 g/mol. The van der Waals surface area contributed by atoms with Gasteiger partial charge < -0.3 is 9.88 Å². The van der Waals surface area contributed by atoms with Crippen molar-refractivity contribution in [1.82, 2.24) is 9.88 Å². The second kappa shape index (κ2) is 4.05. The molecule has 0 fully saturated rings. The Morgan fingerprint density at radius 2 is 2.24 bits per heavy atom. The fourth-order valence-corrected chi connectivity index (χ4v) is 1.89. The zero-order valence-corrected chi connectivity index (χ0v) is 9.75. The summed E-state index contributed by atoms with van der Waals surface area (Å²) in [5.41, 5.74) is 1.62. The summed E-state index contributed by atoms with van der Waals surface area (Å²) >= 11 is 0. The zero-order valence-electron chi connectivity index (χ0n) is 9.75. The number of nitrogens with zero attached hydrogens (tertiary/aromatic N) is 1. The lowest BCUT2D eigenvalue weighted by Gasteiger charge is -2.01. The number of rotatable bonds is 2. The van der Waals surface area contributed by atoms with Crippen molar-refractivity contribution >= 4 is 22.9 Å². The molecule has 1 N–H and O–H groups in total. The number of aryl methyl sites for hydroxylation is 1. The molecule has 0 unspecified atom stereocenters. The summed E-state index contributed by atoms with van der Waals surface area (Å²) in [6.07, 6.45) is 3.13. The lowest BCUT2D eigenvalue weighted by Crippen LogP contribution is -2.17. The Labute approximate surface area is 98.5 Å². The van der Waals surface area contributed by atoms with E-state index >= 15 is 0 Å². The largest absolute Gasteiger partial charge is 0.355 e. The van der Waals surface area contributed by atoms with E-state index in [9.17, 15) is 9.18 Å².